The zero-order chi connectivity index (χ0) is 22.3. The van der Waals surface area contributed by atoms with Crippen molar-refractivity contribution in [3.8, 4) is 0 Å². The molecule has 0 radical (unpaired) electrons. The minimum atomic E-state index is -0.435. The fourth-order valence-electron chi connectivity index (χ4n) is 4.29. The van der Waals surface area contributed by atoms with Crippen LogP contribution in [-0.4, -0.2) is 69.9 Å². The molecule has 2 atom stereocenters. The fourth-order valence-corrected chi connectivity index (χ4v) is 4.29. The Kier molecular flexibility index (Phi) is 5.47. The summed E-state index contributed by atoms with van der Waals surface area (Å²) in [4.78, 5) is 46.1. The third-order valence-corrected chi connectivity index (χ3v) is 5.75. The van der Waals surface area contributed by atoms with Gasteiger partial charge >= 0.3 is 6.03 Å². The molecule has 2 aliphatic rings. The largest absolute Gasteiger partial charge is 0.465 e. The summed E-state index contributed by atoms with van der Waals surface area (Å²) in [6, 6.07) is 3.42. The second kappa shape index (κ2) is 8.09. The monoisotopic (exact) mass is 428 g/mol. The van der Waals surface area contributed by atoms with E-state index >= 15 is 0 Å². The predicted molar refractivity (Wildman–Crippen MR) is 112 cm³/mol. The smallest absolute Gasteiger partial charge is 0.317 e. The molecule has 1 fully saturated rings. The lowest BCUT2D eigenvalue weighted by molar-refractivity contribution is 0.0773. The van der Waals surface area contributed by atoms with Crippen molar-refractivity contribution >= 4 is 17.8 Å². The Balaban J connectivity index is 1.57. The van der Waals surface area contributed by atoms with Crippen LogP contribution < -0.4 is 10.6 Å². The van der Waals surface area contributed by atoms with Gasteiger partial charge in [0.15, 0.2) is 5.69 Å². The van der Waals surface area contributed by atoms with Crippen molar-refractivity contribution in [2.24, 2.45) is 5.92 Å². The van der Waals surface area contributed by atoms with Gasteiger partial charge in [0, 0.05) is 38.6 Å². The Morgan fingerprint density at radius 3 is 2.71 bits per heavy atom. The van der Waals surface area contributed by atoms with Crippen LogP contribution in [0.1, 0.15) is 52.4 Å². The Labute approximate surface area is 180 Å². The van der Waals surface area contributed by atoms with Crippen LogP contribution >= 0.6 is 0 Å². The first-order valence-electron chi connectivity index (χ1n) is 10.5. The molecule has 4 rings (SSSR count). The lowest BCUT2D eigenvalue weighted by Crippen LogP contribution is -2.42. The number of hydrogen-bond acceptors (Lipinski definition) is 5. The van der Waals surface area contributed by atoms with Crippen LogP contribution in [-0.2, 0) is 6.54 Å². The zero-order valence-corrected chi connectivity index (χ0v) is 18.2. The molecule has 2 N–H and O–H groups in total. The molecule has 2 aromatic heterocycles. The Hall–Kier alpha value is -3.30. The summed E-state index contributed by atoms with van der Waals surface area (Å²) in [5.41, 5.74) is 0.347. The maximum atomic E-state index is 13.1. The molecular weight excluding hydrogens is 400 g/mol. The fraction of sp³-hybridized carbons (Fsp3) is 0.524. The number of rotatable bonds is 4. The van der Waals surface area contributed by atoms with Crippen LogP contribution in [0.4, 0.5) is 4.79 Å². The highest BCUT2D eigenvalue weighted by Crippen LogP contribution is 2.33. The number of likely N-dealkylation sites (tertiary alicyclic amines) is 1. The lowest BCUT2D eigenvalue weighted by atomic mass is 10.0. The molecule has 0 aromatic carbocycles. The molecular formula is C21H28N6O4. The molecule has 2 aromatic rings. The summed E-state index contributed by atoms with van der Waals surface area (Å²) in [7, 11) is 1.71. The average molecular weight is 428 g/mol. The van der Waals surface area contributed by atoms with Crippen LogP contribution in [0.2, 0.25) is 0 Å². The summed E-state index contributed by atoms with van der Waals surface area (Å²) < 4.78 is 7.25. The van der Waals surface area contributed by atoms with Gasteiger partial charge in [0.1, 0.15) is 17.2 Å². The first kappa shape index (κ1) is 21.0. The van der Waals surface area contributed by atoms with E-state index in [4.69, 9.17) is 4.42 Å². The lowest BCUT2D eigenvalue weighted by Gasteiger charge is -2.21. The topological polar surface area (TPSA) is 113 Å². The molecule has 0 aliphatic carbocycles. The van der Waals surface area contributed by atoms with E-state index < -0.39 is 5.91 Å². The number of nitrogens with one attached hydrogen (secondary N) is 2. The van der Waals surface area contributed by atoms with Gasteiger partial charge < -0.3 is 29.4 Å². The van der Waals surface area contributed by atoms with E-state index in [1.54, 1.807) is 33.8 Å². The van der Waals surface area contributed by atoms with Crippen molar-refractivity contribution in [1.82, 2.24) is 30.0 Å². The maximum Gasteiger partial charge on any atom is 0.317 e. The van der Waals surface area contributed by atoms with Crippen LogP contribution in [0.3, 0.4) is 0 Å². The van der Waals surface area contributed by atoms with Gasteiger partial charge in [0.2, 0.25) is 0 Å². The van der Waals surface area contributed by atoms with Crippen molar-refractivity contribution in [2.45, 2.75) is 39.4 Å². The first-order chi connectivity index (χ1) is 14.7. The van der Waals surface area contributed by atoms with E-state index in [-0.39, 0.29) is 47.9 Å². The summed E-state index contributed by atoms with van der Waals surface area (Å²) in [5, 5.41) is 5.70. The van der Waals surface area contributed by atoms with Gasteiger partial charge in [0.25, 0.3) is 11.8 Å². The number of carbonyl (C=O) groups excluding carboxylic acids is 3. The average Bonchev–Trinajstić information content (AvgIpc) is 3.41. The Morgan fingerprint density at radius 1 is 1.26 bits per heavy atom. The third kappa shape index (κ3) is 4.01. The standard InChI is InChI=1S/C21H28N6O4/c1-12(2)24-21(30)26-9-14-8-25(4)20(29)18-17(23-11-27(18)16(14)10-26)19(28)22-7-15-6-5-13(3)31-15/h5-6,11-12,14,16H,7-10H2,1-4H3,(H,22,28)(H,24,30)/t14-,16+/m1/s1. The molecule has 0 unspecified atom stereocenters. The summed E-state index contributed by atoms with van der Waals surface area (Å²) in [6.07, 6.45) is 1.54. The second-order valence-corrected chi connectivity index (χ2v) is 8.57. The van der Waals surface area contributed by atoms with Gasteiger partial charge in [0.05, 0.1) is 18.9 Å². The molecule has 0 saturated carbocycles. The number of imidazole rings is 1. The first-order valence-corrected chi connectivity index (χ1v) is 10.5. The number of nitrogens with zero attached hydrogens (tertiary/aromatic N) is 4. The molecule has 4 heterocycles. The quantitative estimate of drug-likeness (QED) is 0.764. The Bertz CT molecular complexity index is 1010. The zero-order valence-electron chi connectivity index (χ0n) is 18.2. The molecule has 2 aliphatic heterocycles. The number of furan rings is 1. The van der Waals surface area contributed by atoms with E-state index in [1.165, 1.54) is 0 Å². The highest BCUT2D eigenvalue weighted by Gasteiger charge is 2.43. The SMILES string of the molecule is Cc1ccc(CNC(=O)c2ncn3c2C(=O)N(C)C[C@@H]2CN(C(=O)NC(C)C)C[C@@H]23)o1. The molecule has 1 saturated heterocycles. The molecule has 10 heteroatoms. The van der Waals surface area contributed by atoms with Crippen LogP contribution in [0.25, 0.3) is 0 Å². The van der Waals surface area contributed by atoms with Gasteiger partial charge in [-0.2, -0.15) is 0 Å². The molecule has 10 nitrogen and oxygen atoms in total. The van der Waals surface area contributed by atoms with Gasteiger partial charge in [-0.3, -0.25) is 9.59 Å². The van der Waals surface area contributed by atoms with Gasteiger partial charge in [-0.1, -0.05) is 0 Å². The number of fused-ring (bicyclic) bond motifs is 3. The van der Waals surface area contributed by atoms with Crippen LogP contribution in [0.15, 0.2) is 22.9 Å². The molecule has 4 amide bonds. The molecule has 0 bridgehead atoms. The summed E-state index contributed by atoms with van der Waals surface area (Å²) >= 11 is 0. The van der Waals surface area contributed by atoms with E-state index in [2.05, 4.69) is 15.6 Å². The highest BCUT2D eigenvalue weighted by atomic mass is 16.3. The van der Waals surface area contributed by atoms with Crippen LogP contribution in [0, 0.1) is 12.8 Å². The number of aromatic nitrogens is 2. The second-order valence-electron chi connectivity index (χ2n) is 8.57. The van der Waals surface area contributed by atoms with Gasteiger partial charge in [-0.05, 0) is 32.9 Å². The third-order valence-electron chi connectivity index (χ3n) is 5.75. The highest BCUT2D eigenvalue weighted by molar-refractivity contribution is 6.05. The Morgan fingerprint density at radius 2 is 2.03 bits per heavy atom. The van der Waals surface area contributed by atoms with Gasteiger partial charge in [-0.25, -0.2) is 9.78 Å². The predicted octanol–water partition coefficient (Wildman–Crippen LogP) is 1.39. The van der Waals surface area contributed by atoms with Crippen molar-refractivity contribution in [3.63, 3.8) is 0 Å². The maximum absolute atomic E-state index is 13.1. The van der Waals surface area contributed by atoms with Crippen molar-refractivity contribution in [3.05, 3.63) is 41.4 Å². The van der Waals surface area contributed by atoms with Crippen LogP contribution in [0.5, 0.6) is 0 Å². The van der Waals surface area contributed by atoms with E-state index in [1.807, 2.05) is 26.8 Å². The number of aryl methyl sites for hydroxylation is 1. The van der Waals surface area contributed by atoms with Crippen molar-refractivity contribution < 1.29 is 18.8 Å². The van der Waals surface area contributed by atoms with Crippen molar-refractivity contribution in [2.75, 3.05) is 26.7 Å². The summed E-state index contributed by atoms with van der Waals surface area (Å²) in [5.74, 6) is 0.765. The summed E-state index contributed by atoms with van der Waals surface area (Å²) in [6.45, 7) is 7.38. The van der Waals surface area contributed by atoms with E-state index in [0.29, 0.717) is 25.4 Å². The molecule has 166 valence electrons. The van der Waals surface area contributed by atoms with E-state index in [0.717, 1.165) is 5.76 Å². The normalized spacial score (nSPS) is 20.5. The number of amides is 4. The molecule has 31 heavy (non-hydrogen) atoms. The molecule has 0 spiro atoms. The van der Waals surface area contributed by atoms with E-state index in [9.17, 15) is 14.4 Å². The minimum Gasteiger partial charge on any atom is -0.465 e. The number of carbonyl (C=O) groups is 3. The number of urea groups is 1. The van der Waals surface area contributed by atoms with Gasteiger partial charge in [-0.15, -0.1) is 0 Å². The number of hydrogen-bond donors (Lipinski definition) is 2. The van der Waals surface area contributed by atoms with Crippen molar-refractivity contribution in [1.29, 1.82) is 0 Å². The minimum absolute atomic E-state index is 0.0409.